The van der Waals surface area contributed by atoms with Crippen molar-refractivity contribution in [3.05, 3.63) is 65.2 Å². The molecule has 0 saturated heterocycles. The lowest BCUT2D eigenvalue weighted by Crippen LogP contribution is -2.25. The van der Waals surface area contributed by atoms with Crippen molar-refractivity contribution in [3.63, 3.8) is 0 Å². The Labute approximate surface area is 156 Å². The first-order valence-electron chi connectivity index (χ1n) is 9.56. The molecule has 3 rings (SSSR count). The van der Waals surface area contributed by atoms with Crippen LogP contribution in [0.15, 0.2) is 48.6 Å². The Kier molecular flexibility index (Phi) is 5.04. The predicted octanol–water partition coefficient (Wildman–Crippen LogP) is 6.34. The second-order valence-electron chi connectivity index (χ2n) is 7.51. The van der Waals surface area contributed by atoms with Gasteiger partial charge in [0.1, 0.15) is 5.75 Å². The van der Waals surface area contributed by atoms with Crippen LogP contribution in [-0.2, 0) is 10.2 Å². The van der Waals surface area contributed by atoms with Gasteiger partial charge in [-0.25, -0.2) is 4.79 Å². The summed E-state index contributed by atoms with van der Waals surface area (Å²) in [6.07, 6.45) is 4.43. The molecule has 2 aromatic carbocycles. The van der Waals surface area contributed by atoms with E-state index in [4.69, 9.17) is 4.74 Å². The van der Waals surface area contributed by atoms with E-state index in [9.17, 15) is 4.79 Å². The average molecular weight is 348 g/mol. The van der Waals surface area contributed by atoms with Gasteiger partial charge in [-0.15, -0.1) is 0 Å². The second kappa shape index (κ2) is 7.11. The van der Waals surface area contributed by atoms with Crippen molar-refractivity contribution in [3.8, 4) is 16.9 Å². The highest BCUT2D eigenvalue weighted by molar-refractivity contribution is 5.89. The Bertz CT molecular complexity index is 855. The van der Waals surface area contributed by atoms with Crippen molar-refractivity contribution in [2.24, 2.45) is 0 Å². The van der Waals surface area contributed by atoms with Crippen LogP contribution in [0.4, 0.5) is 0 Å². The third-order valence-corrected chi connectivity index (χ3v) is 5.40. The summed E-state index contributed by atoms with van der Waals surface area (Å²) in [5, 5.41) is 0. The van der Waals surface area contributed by atoms with Crippen molar-refractivity contribution in [1.82, 2.24) is 0 Å². The van der Waals surface area contributed by atoms with Crippen LogP contribution in [-0.4, -0.2) is 5.97 Å². The molecule has 0 radical (unpaired) electrons. The van der Waals surface area contributed by atoms with Crippen LogP contribution in [0.25, 0.3) is 11.1 Å². The third-order valence-electron chi connectivity index (χ3n) is 5.40. The van der Waals surface area contributed by atoms with E-state index in [2.05, 4.69) is 57.7 Å². The van der Waals surface area contributed by atoms with Gasteiger partial charge in [0.25, 0.3) is 0 Å². The maximum absolute atomic E-state index is 12.0. The highest BCUT2D eigenvalue weighted by Crippen LogP contribution is 2.54. The number of aryl methyl sites for hydroxylation is 1. The van der Waals surface area contributed by atoms with Gasteiger partial charge >= 0.3 is 5.97 Å². The number of carbonyl (C=O) groups excluding carboxylic acids is 1. The van der Waals surface area contributed by atoms with Gasteiger partial charge in [0.2, 0.25) is 0 Å². The standard InChI is InChI=1S/C24H28O2/c1-6-12-24(13-7-2)21-14-17(5)8-10-19(21)20-11-9-18(15-22(20)24)26-23(25)16(3)4/h8-11,14-15H,3,6-7,12-13H2,1-2,4-5H3. The van der Waals surface area contributed by atoms with Crippen molar-refractivity contribution in [1.29, 1.82) is 0 Å². The molecule has 1 aliphatic rings. The zero-order chi connectivity index (χ0) is 18.9. The molecule has 0 heterocycles. The first-order chi connectivity index (χ1) is 12.4. The van der Waals surface area contributed by atoms with E-state index in [-0.39, 0.29) is 11.4 Å². The van der Waals surface area contributed by atoms with Crippen LogP contribution in [0.3, 0.4) is 0 Å². The van der Waals surface area contributed by atoms with E-state index in [0.29, 0.717) is 11.3 Å². The Hall–Kier alpha value is -2.35. The molecule has 0 saturated carbocycles. The summed E-state index contributed by atoms with van der Waals surface area (Å²) in [5.74, 6) is 0.241. The molecule has 0 N–H and O–H groups in total. The minimum absolute atomic E-state index is 0.00578. The van der Waals surface area contributed by atoms with E-state index in [1.807, 2.05) is 6.07 Å². The molecule has 2 nitrogen and oxygen atoms in total. The largest absolute Gasteiger partial charge is 0.423 e. The number of fused-ring (bicyclic) bond motifs is 3. The molecule has 0 atom stereocenters. The lowest BCUT2D eigenvalue weighted by molar-refractivity contribution is -0.130. The summed E-state index contributed by atoms with van der Waals surface area (Å²) < 4.78 is 5.53. The van der Waals surface area contributed by atoms with Gasteiger partial charge in [0.05, 0.1) is 0 Å². The Morgan fingerprint density at radius 1 is 1.00 bits per heavy atom. The van der Waals surface area contributed by atoms with Gasteiger partial charge in [-0.3, -0.25) is 0 Å². The minimum Gasteiger partial charge on any atom is -0.423 e. The van der Waals surface area contributed by atoms with E-state index in [1.165, 1.54) is 27.8 Å². The summed E-state index contributed by atoms with van der Waals surface area (Å²) in [6.45, 7) is 12.0. The molecule has 0 aromatic heterocycles. The van der Waals surface area contributed by atoms with Crippen LogP contribution >= 0.6 is 0 Å². The highest BCUT2D eigenvalue weighted by atomic mass is 16.5. The topological polar surface area (TPSA) is 26.3 Å². The molecule has 0 unspecified atom stereocenters. The highest BCUT2D eigenvalue weighted by Gasteiger charge is 2.42. The van der Waals surface area contributed by atoms with Crippen LogP contribution in [0.5, 0.6) is 5.75 Å². The van der Waals surface area contributed by atoms with Crippen molar-refractivity contribution < 1.29 is 9.53 Å². The maximum Gasteiger partial charge on any atom is 0.338 e. The van der Waals surface area contributed by atoms with Gasteiger partial charge in [-0.05, 0) is 61.1 Å². The quantitative estimate of drug-likeness (QED) is 0.346. The van der Waals surface area contributed by atoms with Crippen LogP contribution in [0.1, 0.15) is 63.1 Å². The fourth-order valence-corrected chi connectivity index (χ4v) is 4.36. The van der Waals surface area contributed by atoms with Crippen LogP contribution in [0.2, 0.25) is 0 Å². The fourth-order valence-electron chi connectivity index (χ4n) is 4.36. The summed E-state index contributed by atoms with van der Waals surface area (Å²) in [7, 11) is 0. The molecule has 2 heteroatoms. The molecule has 0 spiro atoms. The number of benzene rings is 2. The summed E-state index contributed by atoms with van der Waals surface area (Å²) in [6, 6.07) is 12.9. The number of hydrogen-bond acceptors (Lipinski definition) is 2. The molecular weight excluding hydrogens is 320 g/mol. The summed E-state index contributed by atoms with van der Waals surface area (Å²) in [5.41, 5.74) is 7.04. The summed E-state index contributed by atoms with van der Waals surface area (Å²) in [4.78, 5) is 12.0. The molecular formula is C24H28O2. The second-order valence-corrected chi connectivity index (χ2v) is 7.51. The maximum atomic E-state index is 12.0. The number of hydrogen-bond donors (Lipinski definition) is 0. The first-order valence-corrected chi connectivity index (χ1v) is 9.56. The third kappa shape index (κ3) is 2.98. The van der Waals surface area contributed by atoms with Gasteiger partial charge in [-0.2, -0.15) is 0 Å². The normalized spacial score (nSPS) is 13.8. The van der Waals surface area contributed by atoms with E-state index >= 15 is 0 Å². The van der Waals surface area contributed by atoms with Gasteiger partial charge in [0, 0.05) is 11.0 Å². The molecule has 0 bridgehead atoms. The minimum atomic E-state index is -0.368. The van der Waals surface area contributed by atoms with Crippen molar-refractivity contribution in [2.45, 2.75) is 58.8 Å². The van der Waals surface area contributed by atoms with Crippen LogP contribution in [0, 0.1) is 6.92 Å². The predicted molar refractivity (Wildman–Crippen MR) is 108 cm³/mol. The fraction of sp³-hybridized carbons (Fsp3) is 0.375. The van der Waals surface area contributed by atoms with E-state index in [1.54, 1.807) is 6.92 Å². The van der Waals surface area contributed by atoms with E-state index in [0.717, 1.165) is 25.7 Å². The number of ether oxygens (including phenoxy) is 1. The van der Waals surface area contributed by atoms with Crippen LogP contribution < -0.4 is 4.74 Å². The lowest BCUT2D eigenvalue weighted by atomic mass is 9.71. The monoisotopic (exact) mass is 348 g/mol. The Morgan fingerprint density at radius 3 is 2.15 bits per heavy atom. The molecule has 26 heavy (non-hydrogen) atoms. The van der Waals surface area contributed by atoms with Gasteiger partial charge in [0.15, 0.2) is 0 Å². The molecule has 0 amide bonds. The van der Waals surface area contributed by atoms with Gasteiger partial charge < -0.3 is 4.74 Å². The summed E-state index contributed by atoms with van der Waals surface area (Å²) >= 11 is 0. The lowest BCUT2D eigenvalue weighted by Gasteiger charge is -2.32. The SMILES string of the molecule is C=C(C)C(=O)Oc1ccc2c(c1)C(CCC)(CCC)c1cc(C)ccc1-2. The molecule has 0 fully saturated rings. The van der Waals surface area contributed by atoms with Gasteiger partial charge in [-0.1, -0.05) is 63.1 Å². The number of carbonyl (C=O) groups is 1. The molecule has 1 aliphatic carbocycles. The first kappa shape index (κ1) is 18.4. The molecule has 0 aliphatic heterocycles. The van der Waals surface area contributed by atoms with Crippen molar-refractivity contribution >= 4 is 5.97 Å². The Morgan fingerprint density at radius 2 is 1.58 bits per heavy atom. The zero-order valence-corrected chi connectivity index (χ0v) is 16.3. The van der Waals surface area contributed by atoms with Crippen molar-refractivity contribution in [2.75, 3.05) is 0 Å². The smallest absolute Gasteiger partial charge is 0.338 e. The Balaban J connectivity index is 2.18. The molecule has 136 valence electrons. The molecule has 2 aromatic rings. The number of rotatable bonds is 6. The zero-order valence-electron chi connectivity index (χ0n) is 16.3. The average Bonchev–Trinajstić information content (AvgIpc) is 2.85. The number of esters is 1. The van der Waals surface area contributed by atoms with E-state index < -0.39 is 0 Å².